The molecule has 0 saturated heterocycles. The Labute approximate surface area is 152 Å². The lowest BCUT2D eigenvalue weighted by molar-refractivity contribution is 0.449. The van der Waals surface area contributed by atoms with Crippen LogP contribution in [0.25, 0.3) is 0 Å². The summed E-state index contributed by atoms with van der Waals surface area (Å²) in [6.07, 6.45) is 3.65. The van der Waals surface area contributed by atoms with Crippen LogP contribution in [0.15, 0.2) is 35.6 Å². The van der Waals surface area contributed by atoms with Crippen LogP contribution in [-0.2, 0) is 13.6 Å². The van der Waals surface area contributed by atoms with Crippen molar-refractivity contribution >= 4 is 29.3 Å². The molecule has 0 aliphatic carbocycles. The van der Waals surface area contributed by atoms with Crippen LogP contribution in [-0.4, -0.2) is 52.5 Å². The second-order valence-corrected chi connectivity index (χ2v) is 6.84. The second kappa shape index (κ2) is 8.94. The van der Waals surface area contributed by atoms with Gasteiger partial charge < -0.3 is 10.2 Å². The van der Waals surface area contributed by atoms with Crippen LogP contribution in [0.1, 0.15) is 16.6 Å². The zero-order valence-corrected chi connectivity index (χ0v) is 16.0. The number of hydrogen-bond acceptors (Lipinski definition) is 4. The van der Waals surface area contributed by atoms with Gasteiger partial charge in [-0.05, 0) is 24.0 Å². The van der Waals surface area contributed by atoms with Gasteiger partial charge in [-0.2, -0.15) is 16.9 Å². The fraction of sp³-hybridized carbons (Fsp3) is 0.438. The van der Waals surface area contributed by atoms with Gasteiger partial charge >= 0.3 is 0 Å². The summed E-state index contributed by atoms with van der Waals surface area (Å²) in [4.78, 5) is 10.6. The van der Waals surface area contributed by atoms with Crippen molar-refractivity contribution in [1.82, 2.24) is 25.0 Å². The quantitative estimate of drug-likeness (QED) is 0.629. The van der Waals surface area contributed by atoms with Crippen molar-refractivity contribution in [2.75, 3.05) is 26.9 Å². The average molecular weight is 367 g/mol. The van der Waals surface area contributed by atoms with Crippen molar-refractivity contribution in [2.45, 2.75) is 11.8 Å². The van der Waals surface area contributed by atoms with E-state index in [0.717, 1.165) is 23.4 Å². The van der Waals surface area contributed by atoms with Crippen molar-refractivity contribution in [2.24, 2.45) is 12.0 Å². The third kappa shape index (κ3) is 4.88. The van der Waals surface area contributed by atoms with E-state index in [1.807, 2.05) is 37.2 Å². The molecule has 0 radical (unpaired) electrons. The van der Waals surface area contributed by atoms with Crippen molar-refractivity contribution < 1.29 is 0 Å². The lowest BCUT2D eigenvalue weighted by Gasteiger charge is -2.24. The van der Waals surface area contributed by atoms with Crippen LogP contribution in [0, 0.1) is 0 Å². The van der Waals surface area contributed by atoms with Gasteiger partial charge in [-0.15, -0.1) is 0 Å². The Hall–Kier alpha value is -1.73. The van der Waals surface area contributed by atoms with E-state index < -0.39 is 0 Å². The number of aromatic nitrogens is 3. The van der Waals surface area contributed by atoms with Crippen LogP contribution in [0.2, 0.25) is 5.02 Å². The molecule has 0 aliphatic heterocycles. The summed E-state index contributed by atoms with van der Waals surface area (Å²) >= 11 is 7.89. The highest BCUT2D eigenvalue weighted by molar-refractivity contribution is 7.98. The van der Waals surface area contributed by atoms with Gasteiger partial charge in [0.2, 0.25) is 0 Å². The van der Waals surface area contributed by atoms with Crippen LogP contribution in [0.5, 0.6) is 0 Å². The molecule has 1 unspecified atom stereocenters. The number of benzene rings is 1. The smallest absolute Gasteiger partial charge is 0.193 e. The lowest BCUT2D eigenvalue weighted by Crippen LogP contribution is -2.40. The molecule has 0 aliphatic rings. The zero-order valence-electron chi connectivity index (χ0n) is 14.4. The van der Waals surface area contributed by atoms with Crippen molar-refractivity contribution in [3.05, 3.63) is 47.0 Å². The third-order valence-corrected chi connectivity index (χ3v) is 4.95. The second-order valence-electron chi connectivity index (χ2n) is 5.36. The van der Waals surface area contributed by atoms with Crippen molar-refractivity contribution in [3.63, 3.8) is 0 Å². The monoisotopic (exact) mass is 366 g/mol. The number of rotatable bonds is 6. The number of nitrogens with one attached hydrogen (secondary N) is 1. The van der Waals surface area contributed by atoms with Gasteiger partial charge in [-0.25, -0.2) is 4.98 Å². The normalized spacial score (nSPS) is 13.0. The van der Waals surface area contributed by atoms with E-state index in [4.69, 9.17) is 11.6 Å². The number of hydrogen-bond donors (Lipinski definition) is 1. The SMILES string of the molecule is CN=C(NCC(SC)c1cccc(Cl)c1)N(C)Cc1ncnn1C. The summed E-state index contributed by atoms with van der Waals surface area (Å²) in [5.74, 6) is 1.70. The fourth-order valence-corrected chi connectivity index (χ4v) is 3.23. The van der Waals surface area contributed by atoms with E-state index >= 15 is 0 Å². The van der Waals surface area contributed by atoms with Crippen LogP contribution in [0.4, 0.5) is 0 Å². The Balaban J connectivity index is 1.98. The van der Waals surface area contributed by atoms with Gasteiger partial charge in [0.05, 0.1) is 6.54 Å². The largest absolute Gasteiger partial charge is 0.355 e. The molecular weight excluding hydrogens is 344 g/mol. The Bertz CT molecular complexity index is 687. The van der Waals surface area contributed by atoms with Crippen LogP contribution >= 0.6 is 23.4 Å². The third-order valence-electron chi connectivity index (χ3n) is 3.71. The molecule has 1 atom stereocenters. The van der Waals surface area contributed by atoms with Crippen LogP contribution in [0.3, 0.4) is 0 Å². The summed E-state index contributed by atoms with van der Waals surface area (Å²) in [5, 5.41) is 8.57. The summed E-state index contributed by atoms with van der Waals surface area (Å²) < 4.78 is 1.76. The number of halogens is 1. The zero-order chi connectivity index (χ0) is 17.5. The maximum atomic E-state index is 6.10. The molecule has 1 heterocycles. The average Bonchev–Trinajstić information content (AvgIpc) is 2.96. The number of thioether (sulfide) groups is 1. The molecular formula is C16H23ClN6S. The molecule has 24 heavy (non-hydrogen) atoms. The number of guanidine groups is 1. The van der Waals surface area contributed by atoms with Gasteiger partial charge in [0.15, 0.2) is 5.96 Å². The number of nitrogens with zero attached hydrogens (tertiary/aromatic N) is 5. The topological polar surface area (TPSA) is 58.3 Å². The maximum absolute atomic E-state index is 6.10. The van der Waals surface area contributed by atoms with Crippen molar-refractivity contribution in [3.8, 4) is 0 Å². The Morgan fingerprint density at radius 2 is 2.29 bits per heavy atom. The highest BCUT2D eigenvalue weighted by Crippen LogP contribution is 2.27. The molecule has 0 spiro atoms. The van der Waals surface area contributed by atoms with E-state index in [0.29, 0.717) is 11.8 Å². The first-order chi connectivity index (χ1) is 11.5. The molecule has 1 N–H and O–H groups in total. The lowest BCUT2D eigenvalue weighted by atomic mass is 10.1. The molecule has 1 aromatic heterocycles. The first-order valence-electron chi connectivity index (χ1n) is 7.58. The minimum atomic E-state index is 0.295. The summed E-state index contributed by atoms with van der Waals surface area (Å²) in [6.45, 7) is 1.40. The molecule has 1 aromatic carbocycles. The van der Waals surface area contributed by atoms with E-state index in [-0.39, 0.29) is 0 Å². The van der Waals surface area contributed by atoms with Gasteiger partial charge in [0.1, 0.15) is 12.2 Å². The first kappa shape index (κ1) is 18.6. The van der Waals surface area contributed by atoms with Gasteiger partial charge in [-0.3, -0.25) is 9.67 Å². The number of aryl methyl sites for hydroxylation is 1. The highest BCUT2D eigenvalue weighted by Gasteiger charge is 2.14. The fourth-order valence-electron chi connectivity index (χ4n) is 2.36. The predicted octanol–water partition coefficient (Wildman–Crippen LogP) is 2.58. The minimum Gasteiger partial charge on any atom is -0.355 e. The Kier molecular flexibility index (Phi) is 6.93. The number of aliphatic imine (C=N–C) groups is 1. The van der Waals surface area contributed by atoms with E-state index in [1.165, 1.54) is 5.56 Å². The molecule has 2 aromatic rings. The molecule has 0 bridgehead atoms. The summed E-state index contributed by atoms with van der Waals surface area (Å²) in [6, 6.07) is 7.98. The Morgan fingerprint density at radius 3 is 2.88 bits per heavy atom. The predicted molar refractivity (Wildman–Crippen MR) is 102 cm³/mol. The molecule has 0 fully saturated rings. The molecule has 0 amide bonds. The van der Waals surface area contributed by atoms with Crippen molar-refractivity contribution in [1.29, 1.82) is 0 Å². The molecule has 130 valence electrons. The van der Waals surface area contributed by atoms with Gasteiger partial charge in [0.25, 0.3) is 0 Å². The van der Waals surface area contributed by atoms with Crippen LogP contribution < -0.4 is 5.32 Å². The molecule has 6 nitrogen and oxygen atoms in total. The van der Waals surface area contributed by atoms with E-state index in [9.17, 15) is 0 Å². The maximum Gasteiger partial charge on any atom is 0.193 e. The standard InChI is InChI=1S/C16H23ClN6S/c1-18-16(22(2)10-15-20-11-21-23(15)3)19-9-14(24-4)12-6-5-7-13(17)8-12/h5-8,11,14H,9-10H2,1-4H3,(H,18,19). The van der Waals surface area contributed by atoms with Gasteiger partial charge in [-0.1, -0.05) is 23.7 Å². The summed E-state index contributed by atoms with van der Waals surface area (Å²) in [5.41, 5.74) is 1.20. The highest BCUT2D eigenvalue weighted by atomic mass is 35.5. The molecule has 8 heteroatoms. The van der Waals surface area contributed by atoms with E-state index in [1.54, 1.807) is 29.8 Å². The molecule has 2 rings (SSSR count). The van der Waals surface area contributed by atoms with E-state index in [2.05, 4.69) is 32.7 Å². The van der Waals surface area contributed by atoms with Gasteiger partial charge in [0, 0.05) is 38.0 Å². The summed E-state index contributed by atoms with van der Waals surface area (Å²) in [7, 11) is 5.65. The minimum absolute atomic E-state index is 0.295. The Morgan fingerprint density at radius 1 is 1.50 bits per heavy atom. The first-order valence-corrected chi connectivity index (χ1v) is 9.24. The molecule has 0 saturated carbocycles.